The summed E-state index contributed by atoms with van der Waals surface area (Å²) < 4.78 is 40.0. The van der Waals surface area contributed by atoms with Crippen molar-refractivity contribution in [3.63, 3.8) is 0 Å². The van der Waals surface area contributed by atoms with Gasteiger partial charge < -0.3 is 10.0 Å². The molecule has 5 heteroatoms. The highest BCUT2D eigenvalue weighted by atomic mass is 19.4. The maximum Gasteiger partial charge on any atom is 0.416 e. The molecule has 0 spiro atoms. The number of aliphatic hydroxyl groups excluding tert-OH is 1. The van der Waals surface area contributed by atoms with Crippen molar-refractivity contribution < 1.29 is 18.3 Å². The molecular weight excluding hydrogens is 291 g/mol. The van der Waals surface area contributed by atoms with Crippen molar-refractivity contribution in [1.29, 1.82) is 0 Å². The van der Waals surface area contributed by atoms with Crippen LogP contribution in [0.3, 0.4) is 0 Å². The lowest BCUT2D eigenvalue weighted by molar-refractivity contribution is -0.139. The van der Waals surface area contributed by atoms with Crippen LogP contribution >= 0.6 is 0 Å². The van der Waals surface area contributed by atoms with E-state index in [1.807, 2.05) is 0 Å². The van der Waals surface area contributed by atoms with Crippen LogP contribution in [0.4, 0.5) is 13.2 Å². The fourth-order valence-electron chi connectivity index (χ4n) is 2.46. The first kappa shape index (κ1) is 16.5. The number of hydrogen-bond acceptors (Lipinski definition) is 2. The molecule has 0 radical (unpaired) electrons. The molecule has 0 amide bonds. The van der Waals surface area contributed by atoms with Crippen LogP contribution in [0.15, 0.2) is 48.5 Å². The normalized spacial score (nSPS) is 13.4. The number of nitrogens with zero attached hydrogens (tertiary/aromatic N) is 1. The van der Waals surface area contributed by atoms with Gasteiger partial charge in [0.15, 0.2) is 0 Å². The predicted octanol–water partition coefficient (Wildman–Crippen LogP) is 3.85. The van der Waals surface area contributed by atoms with Crippen LogP contribution in [0.25, 0.3) is 0 Å². The lowest BCUT2D eigenvalue weighted by Gasteiger charge is -2.23. The summed E-state index contributed by atoms with van der Waals surface area (Å²) in [5.74, 6) is 0. The highest BCUT2D eigenvalue weighted by Crippen LogP contribution is 2.38. The van der Waals surface area contributed by atoms with Gasteiger partial charge in [-0.25, -0.2) is 0 Å². The van der Waals surface area contributed by atoms with Crippen LogP contribution in [0.5, 0.6) is 0 Å². The summed E-state index contributed by atoms with van der Waals surface area (Å²) in [5.41, 5.74) is 0.0495. The molecule has 0 aromatic heterocycles. The number of rotatable bonds is 4. The first-order valence-corrected chi connectivity index (χ1v) is 6.87. The van der Waals surface area contributed by atoms with Crippen LogP contribution in [-0.4, -0.2) is 24.1 Å². The van der Waals surface area contributed by atoms with Crippen molar-refractivity contribution in [3.05, 3.63) is 70.8 Å². The van der Waals surface area contributed by atoms with E-state index in [0.717, 1.165) is 6.07 Å². The van der Waals surface area contributed by atoms with Gasteiger partial charge in [0.25, 0.3) is 0 Å². The van der Waals surface area contributed by atoms with E-state index < -0.39 is 17.8 Å². The molecule has 1 atom stereocenters. The Hall–Kier alpha value is -1.85. The lowest BCUT2D eigenvalue weighted by Crippen LogP contribution is -2.19. The zero-order valence-corrected chi connectivity index (χ0v) is 12.4. The average molecular weight is 309 g/mol. The van der Waals surface area contributed by atoms with Gasteiger partial charge in [0, 0.05) is 12.1 Å². The second kappa shape index (κ2) is 6.50. The minimum absolute atomic E-state index is 0.0742. The Bertz CT molecular complexity index is 624. The molecule has 2 nitrogen and oxygen atoms in total. The largest absolute Gasteiger partial charge is 0.416 e. The summed E-state index contributed by atoms with van der Waals surface area (Å²) in [5, 5.41) is 10.5. The van der Waals surface area contributed by atoms with Crippen molar-refractivity contribution in [3.8, 4) is 0 Å². The fourth-order valence-corrected chi connectivity index (χ4v) is 2.46. The zero-order chi connectivity index (χ0) is 16.3. The van der Waals surface area contributed by atoms with Gasteiger partial charge in [-0.1, -0.05) is 42.5 Å². The summed E-state index contributed by atoms with van der Waals surface area (Å²) in [6.45, 7) is 0.323. The van der Waals surface area contributed by atoms with E-state index in [1.54, 1.807) is 55.4 Å². The Kier molecular flexibility index (Phi) is 4.88. The summed E-state index contributed by atoms with van der Waals surface area (Å²) in [4.78, 5) is 1.77. The molecule has 0 fully saturated rings. The summed E-state index contributed by atoms with van der Waals surface area (Å²) >= 11 is 0. The molecule has 1 N–H and O–H groups in total. The molecule has 1 unspecified atom stereocenters. The maximum atomic E-state index is 13.3. The SMILES string of the molecule is CN(C)Cc1cccc(C(F)(F)F)c1C(O)c1ccccc1. The topological polar surface area (TPSA) is 23.5 Å². The molecule has 0 heterocycles. The molecule has 2 aromatic carbocycles. The summed E-state index contributed by atoms with van der Waals surface area (Å²) in [6, 6.07) is 12.4. The average Bonchev–Trinajstić information content (AvgIpc) is 2.46. The Labute approximate surface area is 127 Å². The van der Waals surface area contributed by atoms with Gasteiger partial charge in [0.1, 0.15) is 6.10 Å². The van der Waals surface area contributed by atoms with E-state index in [9.17, 15) is 18.3 Å². The Morgan fingerprint density at radius 1 is 1.00 bits per heavy atom. The van der Waals surface area contributed by atoms with Crippen LogP contribution in [-0.2, 0) is 12.7 Å². The molecule has 0 bridgehead atoms. The first-order chi connectivity index (χ1) is 10.3. The molecule has 0 aliphatic carbocycles. The number of hydrogen-bond donors (Lipinski definition) is 1. The molecule has 0 saturated carbocycles. The van der Waals surface area contributed by atoms with Crippen LogP contribution in [0.2, 0.25) is 0 Å². The monoisotopic (exact) mass is 309 g/mol. The van der Waals surface area contributed by atoms with Crippen LogP contribution in [0, 0.1) is 0 Å². The van der Waals surface area contributed by atoms with Crippen molar-refractivity contribution >= 4 is 0 Å². The Morgan fingerprint density at radius 3 is 2.18 bits per heavy atom. The maximum absolute atomic E-state index is 13.3. The molecular formula is C17H18F3NO. The van der Waals surface area contributed by atoms with Gasteiger partial charge in [-0.15, -0.1) is 0 Å². The summed E-state index contributed by atoms with van der Waals surface area (Å²) in [6.07, 6.45) is -5.82. The van der Waals surface area contributed by atoms with Gasteiger partial charge in [0.05, 0.1) is 5.56 Å². The minimum Gasteiger partial charge on any atom is -0.384 e. The molecule has 0 saturated heterocycles. The summed E-state index contributed by atoms with van der Waals surface area (Å²) in [7, 11) is 3.55. The van der Waals surface area contributed by atoms with E-state index in [2.05, 4.69) is 0 Å². The quantitative estimate of drug-likeness (QED) is 0.927. The van der Waals surface area contributed by atoms with Gasteiger partial charge >= 0.3 is 6.18 Å². The molecule has 22 heavy (non-hydrogen) atoms. The predicted molar refractivity (Wildman–Crippen MR) is 79.3 cm³/mol. The van der Waals surface area contributed by atoms with E-state index in [-0.39, 0.29) is 5.56 Å². The molecule has 0 aliphatic rings. The van der Waals surface area contributed by atoms with Crippen LogP contribution < -0.4 is 0 Å². The second-order valence-corrected chi connectivity index (χ2v) is 5.43. The number of alkyl halides is 3. The second-order valence-electron chi connectivity index (χ2n) is 5.43. The van der Waals surface area contributed by atoms with Gasteiger partial charge in [-0.3, -0.25) is 0 Å². The highest BCUT2D eigenvalue weighted by Gasteiger charge is 2.36. The van der Waals surface area contributed by atoms with E-state index in [0.29, 0.717) is 17.7 Å². The van der Waals surface area contributed by atoms with Gasteiger partial charge in [-0.05, 0) is 31.3 Å². The number of halogens is 3. The van der Waals surface area contributed by atoms with E-state index >= 15 is 0 Å². The smallest absolute Gasteiger partial charge is 0.384 e. The lowest BCUT2D eigenvalue weighted by atomic mass is 9.91. The van der Waals surface area contributed by atoms with E-state index in [1.165, 1.54) is 6.07 Å². The van der Waals surface area contributed by atoms with Crippen molar-refractivity contribution in [2.45, 2.75) is 18.8 Å². The fraction of sp³-hybridized carbons (Fsp3) is 0.294. The third kappa shape index (κ3) is 3.67. The zero-order valence-electron chi connectivity index (χ0n) is 12.4. The minimum atomic E-state index is -4.51. The standard InChI is InChI=1S/C17H18F3NO/c1-21(2)11-13-9-6-10-14(17(18,19)20)15(13)16(22)12-7-4-3-5-8-12/h3-10,16,22H,11H2,1-2H3. The molecule has 0 aliphatic heterocycles. The van der Waals surface area contributed by atoms with Crippen molar-refractivity contribution in [1.82, 2.24) is 4.90 Å². The molecule has 2 rings (SSSR count). The number of aliphatic hydroxyl groups is 1. The Balaban J connectivity index is 2.59. The Morgan fingerprint density at radius 2 is 1.64 bits per heavy atom. The van der Waals surface area contributed by atoms with Crippen LogP contribution in [0.1, 0.15) is 28.4 Å². The van der Waals surface area contributed by atoms with Crippen molar-refractivity contribution in [2.24, 2.45) is 0 Å². The third-order valence-electron chi connectivity index (χ3n) is 3.38. The molecule has 118 valence electrons. The van der Waals surface area contributed by atoms with E-state index in [4.69, 9.17) is 0 Å². The number of benzene rings is 2. The van der Waals surface area contributed by atoms with Gasteiger partial charge in [-0.2, -0.15) is 13.2 Å². The first-order valence-electron chi connectivity index (χ1n) is 6.87. The third-order valence-corrected chi connectivity index (χ3v) is 3.38. The van der Waals surface area contributed by atoms with Gasteiger partial charge in [0.2, 0.25) is 0 Å². The molecule has 2 aromatic rings. The highest BCUT2D eigenvalue weighted by molar-refractivity contribution is 5.43. The van der Waals surface area contributed by atoms with Crippen molar-refractivity contribution in [2.75, 3.05) is 14.1 Å².